The molecule has 2 unspecified atom stereocenters. The minimum atomic E-state index is -4.69. The Bertz CT molecular complexity index is 983. The van der Waals surface area contributed by atoms with E-state index in [1.807, 2.05) is 12.3 Å². The Morgan fingerprint density at radius 3 is 2.84 bits per heavy atom. The van der Waals surface area contributed by atoms with E-state index in [1.165, 1.54) is 0 Å². The minimum Gasteiger partial charge on any atom is -0.491 e. The van der Waals surface area contributed by atoms with Crippen LogP contribution >= 0.6 is 11.3 Å². The topological polar surface area (TPSA) is 70.1 Å². The Morgan fingerprint density at radius 2 is 2.16 bits per heavy atom. The molecule has 0 N–H and O–H groups in total. The van der Waals surface area contributed by atoms with Crippen molar-refractivity contribution in [1.29, 1.82) is 0 Å². The van der Waals surface area contributed by atoms with Crippen molar-refractivity contribution in [3.05, 3.63) is 45.4 Å². The standard InChI is InChI=1S/C21H23F3N2O5S/c1-13-9-15(3-4-16(13)28-7-8-30-21(22,23)24)19(27)26-6-5-20(17-11-32-14(2)25-17)18(10-26)29-12-31-20/h3-4,9,11,18H,5-8,10,12H2,1-2H3. The van der Waals surface area contributed by atoms with E-state index in [0.717, 1.165) is 10.7 Å². The number of alkyl halides is 3. The van der Waals surface area contributed by atoms with E-state index in [2.05, 4.69) is 9.72 Å². The van der Waals surface area contributed by atoms with Crippen molar-refractivity contribution in [3.63, 3.8) is 0 Å². The number of carbonyl (C=O) groups excluding carboxylic acids is 1. The molecule has 1 amide bonds. The summed E-state index contributed by atoms with van der Waals surface area (Å²) in [5.41, 5.74) is 1.33. The van der Waals surface area contributed by atoms with Crippen LogP contribution in [0.1, 0.15) is 33.0 Å². The molecule has 2 aliphatic rings. The van der Waals surface area contributed by atoms with Crippen molar-refractivity contribution in [1.82, 2.24) is 9.88 Å². The van der Waals surface area contributed by atoms with E-state index < -0.39 is 18.6 Å². The van der Waals surface area contributed by atoms with Gasteiger partial charge in [-0.05, 0) is 37.6 Å². The number of aryl methyl sites for hydroxylation is 2. The maximum absolute atomic E-state index is 13.1. The van der Waals surface area contributed by atoms with E-state index >= 15 is 0 Å². The molecule has 2 saturated heterocycles. The number of fused-ring (bicyclic) bond motifs is 1. The number of amides is 1. The lowest BCUT2D eigenvalue weighted by Crippen LogP contribution is -2.53. The molecule has 0 spiro atoms. The summed E-state index contributed by atoms with van der Waals surface area (Å²) >= 11 is 1.55. The molecule has 0 aliphatic carbocycles. The molecule has 174 valence electrons. The summed E-state index contributed by atoms with van der Waals surface area (Å²) in [5.74, 6) is 0.245. The number of likely N-dealkylation sites (tertiary alicyclic amines) is 1. The van der Waals surface area contributed by atoms with Gasteiger partial charge in [0.2, 0.25) is 0 Å². The molecule has 0 bridgehead atoms. The molecule has 2 atom stereocenters. The smallest absolute Gasteiger partial charge is 0.491 e. The molecule has 2 aromatic rings. The number of piperidine rings is 1. The van der Waals surface area contributed by atoms with Crippen molar-refractivity contribution >= 4 is 17.2 Å². The zero-order valence-corrected chi connectivity index (χ0v) is 18.4. The van der Waals surface area contributed by atoms with E-state index in [1.54, 1.807) is 41.4 Å². The molecule has 0 saturated carbocycles. The molecule has 32 heavy (non-hydrogen) atoms. The minimum absolute atomic E-state index is 0.154. The molecule has 7 nitrogen and oxygen atoms in total. The Labute approximate surface area is 187 Å². The first kappa shape index (κ1) is 23.0. The number of carbonyl (C=O) groups is 1. The van der Waals surface area contributed by atoms with Crippen LogP contribution in [0.5, 0.6) is 5.75 Å². The number of hydrogen-bond acceptors (Lipinski definition) is 7. The Balaban J connectivity index is 1.39. The van der Waals surface area contributed by atoms with Crippen molar-refractivity contribution in [2.24, 2.45) is 0 Å². The van der Waals surface area contributed by atoms with Gasteiger partial charge in [0.1, 0.15) is 30.9 Å². The zero-order chi connectivity index (χ0) is 22.9. The highest BCUT2D eigenvalue weighted by Crippen LogP contribution is 2.43. The van der Waals surface area contributed by atoms with Crippen LogP contribution < -0.4 is 4.74 Å². The van der Waals surface area contributed by atoms with Crippen LogP contribution in [-0.4, -0.2) is 61.4 Å². The van der Waals surface area contributed by atoms with Crippen LogP contribution in [0.3, 0.4) is 0 Å². The van der Waals surface area contributed by atoms with E-state index in [0.29, 0.717) is 36.4 Å². The monoisotopic (exact) mass is 472 g/mol. The lowest BCUT2D eigenvalue weighted by molar-refractivity contribution is -0.325. The number of hydrogen-bond donors (Lipinski definition) is 0. The third-order valence-corrected chi connectivity index (χ3v) is 6.39. The predicted octanol–water partition coefficient (Wildman–Crippen LogP) is 3.79. The van der Waals surface area contributed by atoms with E-state index in [4.69, 9.17) is 14.2 Å². The van der Waals surface area contributed by atoms with Gasteiger partial charge in [0.15, 0.2) is 0 Å². The van der Waals surface area contributed by atoms with Crippen LogP contribution in [0.4, 0.5) is 13.2 Å². The SMILES string of the molecule is Cc1nc(C23CCN(C(=O)c4ccc(OCCOC(F)(F)F)c(C)c4)CC2OCO3)cs1. The molecule has 4 rings (SSSR count). The van der Waals surface area contributed by atoms with Gasteiger partial charge < -0.3 is 19.1 Å². The van der Waals surface area contributed by atoms with Crippen LogP contribution in [0.15, 0.2) is 23.6 Å². The van der Waals surface area contributed by atoms with E-state index in [9.17, 15) is 18.0 Å². The molecular formula is C21H23F3N2O5S. The Hall–Kier alpha value is -2.21. The largest absolute Gasteiger partial charge is 0.522 e. The fourth-order valence-corrected chi connectivity index (χ4v) is 4.71. The average molecular weight is 472 g/mol. The van der Waals surface area contributed by atoms with Crippen LogP contribution in [-0.2, 0) is 19.8 Å². The number of nitrogens with zero attached hydrogens (tertiary/aromatic N) is 2. The second kappa shape index (κ2) is 8.97. The molecule has 1 aromatic heterocycles. The normalized spacial score (nSPS) is 23.3. The molecule has 11 heteroatoms. The lowest BCUT2D eigenvalue weighted by Gasteiger charge is -2.40. The highest BCUT2D eigenvalue weighted by molar-refractivity contribution is 7.09. The molecule has 0 radical (unpaired) electrons. The summed E-state index contributed by atoms with van der Waals surface area (Å²) in [5, 5.41) is 2.93. The number of rotatable bonds is 6. The predicted molar refractivity (Wildman–Crippen MR) is 109 cm³/mol. The van der Waals surface area contributed by atoms with Gasteiger partial charge >= 0.3 is 6.36 Å². The third kappa shape index (κ3) is 4.75. The summed E-state index contributed by atoms with van der Waals surface area (Å²) in [6, 6.07) is 4.85. The second-order valence-corrected chi connectivity index (χ2v) is 8.75. The van der Waals surface area contributed by atoms with Gasteiger partial charge in [-0.3, -0.25) is 9.53 Å². The second-order valence-electron chi connectivity index (χ2n) is 7.68. The fourth-order valence-electron chi connectivity index (χ4n) is 4.02. The first-order valence-electron chi connectivity index (χ1n) is 10.1. The fraction of sp³-hybridized carbons (Fsp3) is 0.524. The maximum Gasteiger partial charge on any atom is 0.522 e. The molecule has 2 fully saturated rings. The van der Waals surface area contributed by atoms with E-state index in [-0.39, 0.29) is 25.4 Å². The van der Waals surface area contributed by atoms with Crippen molar-refractivity contribution in [3.8, 4) is 5.75 Å². The zero-order valence-electron chi connectivity index (χ0n) is 17.6. The summed E-state index contributed by atoms with van der Waals surface area (Å²) in [6.07, 6.45) is -4.42. The lowest BCUT2D eigenvalue weighted by atomic mass is 9.85. The Morgan fingerprint density at radius 1 is 1.34 bits per heavy atom. The third-order valence-electron chi connectivity index (χ3n) is 5.61. The first-order valence-corrected chi connectivity index (χ1v) is 11.0. The Kier molecular flexibility index (Phi) is 6.44. The molecular weight excluding hydrogens is 449 g/mol. The van der Waals surface area contributed by atoms with Gasteiger partial charge in [0.05, 0.1) is 23.9 Å². The average Bonchev–Trinajstić information content (AvgIpc) is 3.37. The highest BCUT2D eigenvalue weighted by atomic mass is 32.1. The van der Waals surface area contributed by atoms with Crippen molar-refractivity contribution in [2.75, 3.05) is 33.1 Å². The summed E-state index contributed by atoms with van der Waals surface area (Å²) in [4.78, 5) is 19.4. The quantitative estimate of drug-likeness (QED) is 0.596. The highest BCUT2D eigenvalue weighted by Gasteiger charge is 2.52. The van der Waals surface area contributed by atoms with Crippen LogP contribution in [0, 0.1) is 13.8 Å². The molecule has 3 heterocycles. The van der Waals surface area contributed by atoms with Crippen molar-refractivity contribution in [2.45, 2.75) is 38.3 Å². The van der Waals surface area contributed by atoms with Gasteiger partial charge in [-0.1, -0.05) is 0 Å². The number of ether oxygens (including phenoxy) is 4. The summed E-state index contributed by atoms with van der Waals surface area (Å²) in [6.45, 7) is 3.83. The number of benzene rings is 1. The van der Waals surface area contributed by atoms with Crippen molar-refractivity contribution < 1.29 is 36.9 Å². The van der Waals surface area contributed by atoms with Crippen LogP contribution in [0.25, 0.3) is 0 Å². The molecule has 1 aromatic carbocycles. The van der Waals surface area contributed by atoms with Gasteiger partial charge in [-0.15, -0.1) is 24.5 Å². The number of halogens is 3. The van der Waals surface area contributed by atoms with Gasteiger partial charge in [-0.2, -0.15) is 0 Å². The summed E-state index contributed by atoms with van der Waals surface area (Å²) in [7, 11) is 0. The van der Waals surface area contributed by atoms with Gasteiger partial charge in [0, 0.05) is 23.9 Å². The molecule has 2 aliphatic heterocycles. The van der Waals surface area contributed by atoms with Gasteiger partial charge in [0.25, 0.3) is 5.91 Å². The maximum atomic E-state index is 13.1. The summed E-state index contributed by atoms with van der Waals surface area (Å²) < 4.78 is 56.9. The number of aromatic nitrogens is 1. The number of thiazole rings is 1. The van der Waals surface area contributed by atoms with Crippen LogP contribution in [0.2, 0.25) is 0 Å². The first-order chi connectivity index (χ1) is 15.2. The van der Waals surface area contributed by atoms with Gasteiger partial charge in [-0.25, -0.2) is 4.98 Å².